The molecule has 1 spiro atoms. The molecule has 0 radical (unpaired) electrons. The molecule has 1 heterocycles. The number of ether oxygens (including phenoxy) is 3. The summed E-state index contributed by atoms with van der Waals surface area (Å²) in [6.45, 7) is 3.69. The number of rotatable bonds is 5. The number of alkyl halides is 2. The first-order chi connectivity index (χ1) is 9.61. The summed E-state index contributed by atoms with van der Waals surface area (Å²) >= 11 is 0. The average molecular weight is 309 g/mol. The van der Waals surface area contributed by atoms with E-state index in [1.807, 2.05) is 0 Å². The van der Waals surface area contributed by atoms with E-state index in [0.29, 0.717) is 19.5 Å². The summed E-state index contributed by atoms with van der Waals surface area (Å²) in [7, 11) is 2.72. The zero-order valence-electron chi connectivity index (χ0n) is 13.0. The highest BCUT2D eigenvalue weighted by Crippen LogP contribution is 2.57. The van der Waals surface area contributed by atoms with Gasteiger partial charge in [-0.3, -0.25) is 0 Å². The lowest BCUT2D eigenvalue weighted by molar-refractivity contribution is -0.387. The van der Waals surface area contributed by atoms with Crippen molar-refractivity contribution in [2.24, 2.45) is 5.41 Å². The molecular weight excluding hydrogens is 284 g/mol. The number of halogens is 2. The van der Waals surface area contributed by atoms with E-state index in [-0.39, 0.29) is 12.8 Å². The lowest BCUT2D eigenvalue weighted by Gasteiger charge is -2.54. The first kappa shape index (κ1) is 17.0. The molecule has 1 saturated carbocycles. The fraction of sp³-hybridized carbons (Fsp3) is 1.00. The maximum Gasteiger partial charge on any atom is 0.255 e. The Labute approximate surface area is 123 Å². The fourth-order valence-electron chi connectivity index (χ4n) is 3.12. The molecule has 1 aliphatic carbocycles. The summed E-state index contributed by atoms with van der Waals surface area (Å²) in [6.07, 6.45) is 0.179. The van der Waals surface area contributed by atoms with Gasteiger partial charge in [0.2, 0.25) is 11.6 Å². The molecule has 4 atom stereocenters. The molecule has 0 amide bonds. The minimum atomic E-state index is -2.66. The maximum absolute atomic E-state index is 13.9. The lowest BCUT2D eigenvalue weighted by Crippen LogP contribution is -2.64. The Bertz CT molecular complexity index is 393. The average Bonchev–Trinajstić information content (AvgIpc) is 2.46. The highest BCUT2D eigenvalue weighted by molar-refractivity contribution is 5.07. The van der Waals surface area contributed by atoms with Gasteiger partial charge in [0.1, 0.15) is 0 Å². The molecule has 5 nitrogen and oxygen atoms in total. The van der Waals surface area contributed by atoms with Crippen molar-refractivity contribution >= 4 is 0 Å². The van der Waals surface area contributed by atoms with E-state index in [9.17, 15) is 13.9 Å². The normalized spacial score (nSPS) is 37.6. The van der Waals surface area contributed by atoms with Crippen LogP contribution in [0.4, 0.5) is 8.78 Å². The van der Waals surface area contributed by atoms with Crippen LogP contribution < -0.4 is 5.32 Å². The Morgan fingerprint density at radius 3 is 2.29 bits per heavy atom. The molecule has 124 valence electrons. The van der Waals surface area contributed by atoms with Gasteiger partial charge in [-0.2, -0.15) is 0 Å². The minimum Gasteiger partial charge on any atom is -0.362 e. The van der Waals surface area contributed by atoms with E-state index in [1.165, 1.54) is 28.1 Å². The zero-order chi connectivity index (χ0) is 15.9. The smallest absolute Gasteiger partial charge is 0.255 e. The van der Waals surface area contributed by atoms with Crippen LogP contribution >= 0.6 is 0 Å². The lowest BCUT2D eigenvalue weighted by atomic mass is 9.61. The van der Waals surface area contributed by atoms with Gasteiger partial charge in [-0.05, 0) is 26.7 Å². The summed E-state index contributed by atoms with van der Waals surface area (Å²) in [5.74, 6) is -5.78. The topological polar surface area (TPSA) is 60.0 Å². The molecule has 2 aliphatic rings. The van der Waals surface area contributed by atoms with Crippen LogP contribution in [0.3, 0.4) is 0 Å². The van der Waals surface area contributed by atoms with Crippen LogP contribution in [0, 0.1) is 5.41 Å². The van der Waals surface area contributed by atoms with Crippen LogP contribution in [-0.4, -0.2) is 56.0 Å². The van der Waals surface area contributed by atoms with Crippen molar-refractivity contribution in [3.05, 3.63) is 0 Å². The predicted octanol–water partition coefficient (Wildman–Crippen LogP) is 1.50. The van der Waals surface area contributed by atoms with Gasteiger partial charge in [0.15, 0.2) is 0 Å². The number of methoxy groups -OCH3 is 2. The second-order valence-corrected chi connectivity index (χ2v) is 6.40. The molecule has 2 rings (SSSR count). The third-order valence-electron chi connectivity index (χ3n) is 5.17. The van der Waals surface area contributed by atoms with Gasteiger partial charge < -0.3 is 24.6 Å². The van der Waals surface area contributed by atoms with Gasteiger partial charge in [0.25, 0.3) is 5.92 Å². The third kappa shape index (κ3) is 2.70. The van der Waals surface area contributed by atoms with E-state index in [2.05, 4.69) is 5.32 Å². The molecular formula is C14H25F2NO4. The molecule has 21 heavy (non-hydrogen) atoms. The predicted molar refractivity (Wildman–Crippen MR) is 72.0 cm³/mol. The van der Waals surface area contributed by atoms with E-state index in [4.69, 9.17) is 14.2 Å². The summed E-state index contributed by atoms with van der Waals surface area (Å²) in [6, 6.07) is 0. The van der Waals surface area contributed by atoms with Crippen LogP contribution in [0.15, 0.2) is 0 Å². The number of aliphatic hydroxyl groups is 1. The molecule has 2 N–H and O–H groups in total. The van der Waals surface area contributed by atoms with Crippen LogP contribution in [0.1, 0.15) is 33.1 Å². The quantitative estimate of drug-likeness (QED) is 0.754. The highest BCUT2D eigenvalue weighted by Gasteiger charge is 2.63. The molecule has 7 heteroatoms. The van der Waals surface area contributed by atoms with Crippen molar-refractivity contribution in [1.29, 1.82) is 0 Å². The summed E-state index contributed by atoms with van der Waals surface area (Å²) in [4.78, 5) is 0. The van der Waals surface area contributed by atoms with E-state index in [0.717, 1.165) is 0 Å². The molecule has 1 saturated heterocycles. The molecule has 0 aromatic heterocycles. The monoisotopic (exact) mass is 309 g/mol. The number of piperidine rings is 1. The Kier molecular flexibility index (Phi) is 4.36. The third-order valence-corrected chi connectivity index (χ3v) is 5.17. The second-order valence-electron chi connectivity index (χ2n) is 6.40. The van der Waals surface area contributed by atoms with Crippen molar-refractivity contribution in [2.45, 2.75) is 56.7 Å². The zero-order valence-corrected chi connectivity index (χ0v) is 13.0. The number of hydrogen-bond donors (Lipinski definition) is 2. The number of hydrogen-bond acceptors (Lipinski definition) is 5. The SMILES string of the molecule is COC(C)(O)C(C)(OC)OC1CNCC2(CCC2(F)F)C1. The van der Waals surface area contributed by atoms with Crippen molar-refractivity contribution in [1.82, 2.24) is 5.32 Å². The summed E-state index contributed by atoms with van der Waals surface area (Å²) < 4.78 is 43.8. The van der Waals surface area contributed by atoms with Gasteiger partial charge in [-0.1, -0.05) is 0 Å². The van der Waals surface area contributed by atoms with E-state index >= 15 is 0 Å². The molecule has 2 fully saturated rings. The van der Waals surface area contributed by atoms with Crippen molar-refractivity contribution < 1.29 is 28.1 Å². The standard InChI is InChI=1S/C14H25F2NO4/c1-11(18,19-3)12(2,20-4)21-10-7-13(9-17-8-10)5-6-14(13,15)16/h10,17-18H,5-9H2,1-4H3. The van der Waals surface area contributed by atoms with Gasteiger partial charge in [-0.25, -0.2) is 8.78 Å². The first-order valence-electron chi connectivity index (χ1n) is 7.20. The van der Waals surface area contributed by atoms with E-state index in [1.54, 1.807) is 0 Å². The van der Waals surface area contributed by atoms with Crippen LogP contribution in [0.25, 0.3) is 0 Å². The van der Waals surface area contributed by atoms with Crippen molar-refractivity contribution in [3.63, 3.8) is 0 Å². The van der Waals surface area contributed by atoms with Crippen LogP contribution in [0.2, 0.25) is 0 Å². The first-order valence-corrected chi connectivity index (χ1v) is 7.20. The molecule has 0 aromatic rings. The Hall–Kier alpha value is -0.340. The molecule has 0 bridgehead atoms. The Morgan fingerprint density at radius 2 is 1.86 bits per heavy atom. The molecule has 0 aromatic carbocycles. The molecule has 1 aliphatic heterocycles. The van der Waals surface area contributed by atoms with Gasteiger partial charge in [0, 0.05) is 39.1 Å². The second kappa shape index (κ2) is 5.38. The van der Waals surface area contributed by atoms with Crippen molar-refractivity contribution in [2.75, 3.05) is 27.3 Å². The van der Waals surface area contributed by atoms with E-state index < -0.39 is 29.0 Å². The van der Waals surface area contributed by atoms with Crippen LogP contribution in [-0.2, 0) is 14.2 Å². The Balaban J connectivity index is 2.09. The maximum atomic E-state index is 13.9. The summed E-state index contributed by atoms with van der Waals surface area (Å²) in [5.41, 5.74) is -1.04. The van der Waals surface area contributed by atoms with Gasteiger partial charge >= 0.3 is 0 Å². The fourth-order valence-corrected chi connectivity index (χ4v) is 3.12. The van der Waals surface area contributed by atoms with Gasteiger partial charge in [-0.15, -0.1) is 0 Å². The highest BCUT2D eigenvalue weighted by atomic mass is 19.3. The van der Waals surface area contributed by atoms with Gasteiger partial charge in [0.05, 0.1) is 6.10 Å². The Morgan fingerprint density at radius 1 is 1.19 bits per heavy atom. The minimum absolute atomic E-state index is 0.0707. The summed E-state index contributed by atoms with van der Waals surface area (Å²) in [5, 5.41) is 13.3. The molecule has 4 unspecified atom stereocenters. The van der Waals surface area contributed by atoms with Crippen LogP contribution in [0.5, 0.6) is 0 Å². The number of nitrogens with one attached hydrogen (secondary N) is 1. The van der Waals surface area contributed by atoms with Crippen molar-refractivity contribution in [3.8, 4) is 0 Å². The largest absolute Gasteiger partial charge is 0.362 e.